The Morgan fingerprint density at radius 2 is 2.05 bits per heavy atom. The molecule has 1 aromatic heterocycles. The van der Waals surface area contributed by atoms with Gasteiger partial charge < -0.3 is 10.2 Å². The normalized spacial score (nSPS) is 20.9. The predicted molar refractivity (Wildman–Crippen MR) is 69.2 cm³/mol. The van der Waals surface area contributed by atoms with E-state index in [-0.39, 0.29) is 11.8 Å². The topological polar surface area (TPSA) is 104 Å². The van der Waals surface area contributed by atoms with Crippen LogP contribution in [0.4, 0.5) is 4.79 Å². The SMILES string of the molecule is Cc1nnsc1C(=O)N1CCC2(CC1)NC(=O)NC2=O. The number of likely N-dealkylation sites (tertiary alicyclic amines) is 1. The van der Waals surface area contributed by atoms with Crippen molar-refractivity contribution >= 4 is 29.4 Å². The van der Waals surface area contributed by atoms with Crippen LogP contribution in [0.2, 0.25) is 0 Å². The zero-order valence-corrected chi connectivity index (χ0v) is 11.6. The van der Waals surface area contributed by atoms with E-state index in [0.29, 0.717) is 36.5 Å². The van der Waals surface area contributed by atoms with Crippen LogP contribution < -0.4 is 10.6 Å². The first-order chi connectivity index (χ1) is 9.52. The van der Waals surface area contributed by atoms with E-state index in [2.05, 4.69) is 20.2 Å². The van der Waals surface area contributed by atoms with Crippen LogP contribution >= 0.6 is 11.5 Å². The fourth-order valence-electron chi connectivity index (χ4n) is 2.54. The quantitative estimate of drug-likeness (QED) is 0.690. The Kier molecular flexibility index (Phi) is 2.93. The highest BCUT2D eigenvalue weighted by atomic mass is 32.1. The third-order valence-corrected chi connectivity index (χ3v) is 4.58. The second-order valence-electron chi connectivity index (χ2n) is 4.97. The van der Waals surface area contributed by atoms with Gasteiger partial charge in [-0.15, -0.1) is 5.10 Å². The van der Waals surface area contributed by atoms with Crippen LogP contribution in [0, 0.1) is 6.92 Å². The number of piperidine rings is 1. The van der Waals surface area contributed by atoms with Crippen LogP contribution in [-0.2, 0) is 4.79 Å². The molecule has 3 rings (SSSR count). The lowest BCUT2D eigenvalue weighted by atomic mass is 9.87. The van der Waals surface area contributed by atoms with E-state index in [1.54, 1.807) is 11.8 Å². The smallest absolute Gasteiger partial charge is 0.322 e. The molecule has 2 aliphatic rings. The molecule has 2 aliphatic heterocycles. The highest BCUT2D eigenvalue weighted by Gasteiger charge is 2.48. The first kappa shape index (κ1) is 13.0. The van der Waals surface area contributed by atoms with E-state index in [1.165, 1.54) is 0 Å². The standard InChI is InChI=1S/C11H13N5O3S/c1-6-7(20-15-14-6)8(17)16-4-2-11(3-5-16)9(18)12-10(19)13-11/h2-5H2,1H3,(H2,12,13,18,19). The summed E-state index contributed by atoms with van der Waals surface area (Å²) in [7, 11) is 0. The second-order valence-corrected chi connectivity index (χ2v) is 5.72. The molecular weight excluding hydrogens is 282 g/mol. The van der Waals surface area contributed by atoms with Gasteiger partial charge in [-0.25, -0.2) is 4.79 Å². The summed E-state index contributed by atoms with van der Waals surface area (Å²) < 4.78 is 3.75. The molecule has 0 aliphatic carbocycles. The molecule has 8 nitrogen and oxygen atoms in total. The number of urea groups is 1. The monoisotopic (exact) mass is 295 g/mol. The van der Waals surface area contributed by atoms with E-state index in [0.717, 1.165) is 11.5 Å². The van der Waals surface area contributed by atoms with Gasteiger partial charge in [0.25, 0.3) is 11.8 Å². The van der Waals surface area contributed by atoms with Gasteiger partial charge >= 0.3 is 6.03 Å². The summed E-state index contributed by atoms with van der Waals surface area (Å²) in [5.74, 6) is -0.415. The minimum absolute atomic E-state index is 0.114. The van der Waals surface area contributed by atoms with Crippen molar-refractivity contribution in [2.24, 2.45) is 0 Å². The molecule has 1 aromatic rings. The van der Waals surface area contributed by atoms with E-state index in [9.17, 15) is 14.4 Å². The Morgan fingerprint density at radius 1 is 1.35 bits per heavy atom. The average molecular weight is 295 g/mol. The van der Waals surface area contributed by atoms with Crippen molar-refractivity contribution in [3.8, 4) is 0 Å². The van der Waals surface area contributed by atoms with Crippen molar-refractivity contribution in [1.82, 2.24) is 25.1 Å². The van der Waals surface area contributed by atoms with Gasteiger partial charge in [-0.3, -0.25) is 14.9 Å². The van der Waals surface area contributed by atoms with Crippen LogP contribution in [0.3, 0.4) is 0 Å². The molecule has 2 N–H and O–H groups in total. The predicted octanol–water partition coefficient (Wildman–Crippen LogP) is -0.339. The number of imide groups is 1. The Labute approximate surface area is 118 Å². The van der Waals surface area contributed by atoms with Crippen LogP contribution in [-0.4, -0.2) is 51.0 Å². The number of hydrogen-bond donors (Lipinski definition) is 2. The third-order valence-electron chi connectivity index (χ3n) is 3.76. The molecule has 0 bridgehead atoms. The number of nitrogens with zero attached hydrogens (tertiary/aromatic N) is 3. The van der Waals surface area contributed by atoms with Gasteiger partial charge in [0, 0.05) is 13.1 Å². The van der Waals surface area contributed by atoms with Gasteiger partial charge in [0.1, 0.15) is 10.4 Å². The fraction of sp³-hybridized carbons (Fsp3) is 0.545. The number of carbonyl (C=O) groups excluding carboxylic acids is 3. The largest absolute Gasteiger partial charge is 0.338 e. The van der Waals surface area contributed by atoms with Crippen molar-refractivity contribution < 1.29 is 14.4 Å². The molecule has 0 unspecified atom stereocenters. The number of aryl methyl sites for hydroxylation is 1. The number of amides is 4. The molecule has 0 aromatic carbocycles. The molecule has 0 atom stereocenters. The van der Waals surface area contributed by atoms with E-state index in [4.69, 9.17) is 0 Å². The van der Waals surface area contributed by atoms with Gasteiger partial charge in [-0.2, -0.15) is 0 Å². The summed E-state index contributed by atoms with van der Waals surface area (Å²) in [6.45, 7) is 2.58. The summed E-state index contributed by atoms with van der Waals surface area (Å²) in [4.78, 5) is 37.5. The van der Waals surface area contributed by atoms with Crippen molar-refractivity contribution in [2.45, 2.75) is 25.3 Å². The van der Waals surface area contributed by atoms with Crippen LogP contribution in [0.1, 0.15) is 28.2 Å². The lowest BCUT2D eigenvalue weighted by Crippen LogP contribution is -2.55. The van der Waals surface area contributed by atoms with Gasteiger partial charge in [0.2, 0.25) is 0 Å². The summed E-state index contributed by atoms with van der Waals surface area (Å²) in [5, 5.41) is 8.74. The zero-order valence-electron chi connectivity index (χ0n) is 10.8. The lowest BCUT2D eigenvalue weighted by molar-refractivity contribution is -0.125. The highest BCUT2D eigenvalue weighted by molar-refractivity contribution is 7.07. The highest BCUT2D eigenvalue weighted by Crippen LogP contribution is 2.27. The number of nitrogens with one attached hydrogen (secondary N) is 2. The zero-order chi connectivity index (χ0) is 14.3. The van der Waals surface area contributed by atoms with Crippen LogP contribution in [0.5, 0.6) is 0 Å². The maximum atomic E-state index is 12.3. The molecule has 20 heavy (non-hydrogen) atoms. The van der Waals surface area contributed by atoms with Crippen LogP contribution in [0.25, 0.3) is 0 Å². The third kappa shape index (κ3) is 1.94. The summed E-state index contributed by atoms with van der Waals surface area (Å²) in [6.07, 6.45) is 0.836. The maximum Gasteiger partial charge on any atom is 0.322 e. The molecule has 2 saturated heterocycles. The van der Waals surface area contributed by atoms with E-state index >= 15 is 0 Å². The molecule has 4 amide bonds. The Hall–Kier alpha value is -2.03. The van der Waals surface area contributed by atoms with Gasteiger partial charge in [-0.1, -0.05) is 4.49 Å². The summed E-state index contributed by atoms with van der Waals surface area (Å²) in [6, 6.07) is -0.461. The fourth-order valence-corrected chi connectivity index (χ4v) is 3.17. The maximum absolute atomic E-state index is 12.3. The van der Waals surface area contributed by atoms with Crippen molar-refractivity contribution in [3.05, 3.63) is 10.6 Å². The number of hydrogen-bond acceptors (Lipinski definition) is 6. The first-order valence-electron chi connectivity index (χ1n) is 6.24. The Morgan fingerprint density at radius 3 is 2.55 bits per heavy atom. The Balaban J connectivity index is 1.70. The molecule has 0 saturated carbocycles. The minimum atomic E-state index is -0.852. The minimum Gasteiger partial charge on any atom is -0.338 e. The van der Waals surface area contributed by atoms with Crippen molar-refractivity contribution in [3.63, 3.8) is 0 Å². The number of carbonyl (C=O) groups is 3. The Bertz CT molecular complexity index is 591. The molecule has 2 fully saturated rings. The molecular formula is C11H13N5O3S. The van der Waals surface area contributed by atoms with E-state index < -0.39 is 11.6 Å². The second kappa shape index (κ2) is 4.51. The molecule has 0 radical (unpaired) electrons. The van der Waals surface area contributed by atoms with Crippen molar-refractivity contribution in [2.75, 3.05) is 13.1 Å². The lowest BCUT2D eigenvalue weighted by Gasteiger charge is -2.36. The molecule has 1 spiro atoms. The average Bonchev–Trinajstić information content (AvgIpc) is 2.95. The first-order valence-corrected chi connectivity index (χ1v) is 7.01. The number of rotatable bonds is 1. The molecule has 3 heterocycles. The van der Waals surface area contributed by atoms with Crippen LogP contribution in [0.15, 0.2) is 0 Å². The molecule has 9 heteroatoms. The van der Waals surface area contributed by atoms with Gasteiger partial charge in [0.05, 0.1) is 5.69 Å². The van der Waals surface area contributed by atoms with E-state index in [1.807, 2.05) is 0 Å². The van der Waals surface area contributed by atoms with Gasteiger partial charge in [-0.05, 0) is 31.3 Å². The van der Waals surface area contributed by atoms with Crippen molar-refractivity contribution in [1.29, 1.82) is 0 Å². The number of aromatic nitrogens is 2. The summed E-state index contributed by atoms with van der Waals surface area (Å²) in [5.41, 5.74) is -0.235. The molecule has 106 valence electrons. The summed E-state index contributed by atoms with van der Waals surface area (Å²) >= 11 is 1.07. The van der Waals surface area contributed by atoms with Gasteiger partial charge in [0.15, 0.2) is 0 Å².